The summed E-state index contributed by atoms with van der Waals surface area (Å²) in [6.45, 7) is 3.83. The molecule has 35 heavy (non-hydrogen) atoms. The lowest BCUT2D eigenvalue weighted by Crippen LogP contribution is -2.51. The zero-order valence-corrected chi connectivity index (χ0v) is 20.6. The van der Waals surface area contributed by atoms with Gasteiger partial charge in [0.1, 0.15) is 18.2 Å². The molecule has 1 fully saturated rings. The quantitative estimate of drug-likeness (QED) is 0.432. The van der Waals surface area contributed by atoms with Crippen molar-refractivity contribution in [2.24, 2.45) is 0 Å². The van der Waals surface area contributed by atoms with Gasteiger partial charge >= 0.3 is 0 Å². The van der Waals surface area contributed by atoms with E-state index >= 15 is 0 Å². The zero-order valence-electron chi connectivity index (χ0n) is 19.8. The van der Waals surface area contributed by atoms with Crippen LogP contribution in [0.5, 0.6) is 5.75 Å². The maximum Gasteiger partial charge on any atom is 0.264 e. The Kier molecular flexibility index (Phi) is 8.68. The molecule has 1 N–H and O–H groups in total. The first kappa shape index (κ1) is 25.1. The maximum absolute atomic E-state index is 14.8. The van der Waals surface area contributed by atoms with E-state index in [2.05, 4.69) is 5.32 Å². The number of rotatable bonds is 10. The highest BCUT2D eigenvalue weighted by molar-refractivity contribution is 7.21. The minimum Gasteiger partial charge on any atom is -0.489 e. The molecule has 0 atom stereocenters. The fourth-order valence-corrected chi connectivity index (χ4v) is 5.30. The predicted octanol–water partition coefficient (Wildman–Crippen LogP) is 3.53. The Morgan fingerprint density at radius 2 is 1.83 bits per heavy atom. The van der Waals surface area contributed by atoms with E-state index in [4.69, 9.17) is 9.47 Å². The topological polar surface area (TPSA) is 71.1 Å². The fraction of sp³-hybridized carbons (Fsp3) is 0.385. The van der Waals surface area contributed by atoms with Crippen molar-refractivity contribution in [1.82, 2.24) is 15.1 Å². The van der Waals surface area contributed by atoms with Crippen LogP contribution >= 0.6 is 11.3 Å². The highest BCUT2D eigenvalue weighted by Crippen LogP contribution is 2.35. The van der Waals surface area contributed by atoms with Crippen LogP contribution in [0.3, 0.4) is 0 Å². The molecule has 3 aromatic rings. The summed E-state index contributed by atoms with van der Waals surface area (Å²) in [6, 6.07) is 14.2. The highest BCUT2D eigenvalue weighted by atomic mass is 32.1. The van der Waals surface area contributed by atoms with Crippen molar-refractivity contribution in [2.75, 3.05) is 53.0 Å². The molecule has 0 bridgehead atoms. The molecule has 2 amide bonds. The van der Waals surface area contributed by atoms with Crippen molar-refractivity contribution < 1.29 is 23.5 Å². The van der Waals surface area contributed by atoms with Gasteiger partial charge in [0, 0.05) is 62.1 Å². The van der Waals surface area contributed by atoms with Crippen LogP contribution in [0.15, 0.2) is 48.5 Å². The number of fused-ring (bicyclic) bond motifs is 1. The normalized spacial score (nSPS) is 14.3. The number of para-hydroxylation sites is 1. The van der Waals surface area contributed by atoms with Gasteiger partial charge in [-0.05, 0) is 30.7 Å². The smallest absolute Gasteiger partial charge is 0.264 e. The predicted molar refractivity (Wildman–Crippen MR) is 134 cm³/mol. The van der Waals surface area contributed by atoms with Gasteiger partial charge in [-0.3, -0.25) is 14.5 Å². The van der Waals surface area contributed by atoms with Crippen molar-refractivity contribution in [3.05, 3.63) is 64.8 Å². The summed E-state index contributed by atoms with van der Waals surface area (Å²) >= 11 is 1.30. The van der Waals surface area contributed by atoms with Gasteiger partial charge in [0.05, 0.1) is 11.4 Å². The summed E-state index contributed by atoms with van der Waals surface area (Å²) in [4.78, 5) is 30.0. The number of ether oxygens (including phenoxy) is 2. The standard InChI is InChI=1S/C26H30FN3O4S/c1-33-16-6-11-28-23(31)17-29-12-14-30(15-13-29)26(32)25-20(18-34-19-7-3-2-4-8-19)24-21(27)9-5-10-22(24)35-25/h2-5,7-10H,6,11-18H2,1H3,(H,28,31). The van der Waals surface area contributed by atoms with Crippen molar-refractivity contribution in [3.63, 3.8) is 0 Å². The molecular formula is C26H30FN3O4S. The van der Waals surface area contributed by atoms with Crippen molar-refractivity contribution in [1.29, 1.82) is 0 Å². The highest BCUT2D eigenvalue weighted by Gasteiger charge is 2.28. The SMILES string of the molecule is COCCCNC(=O)CN1CCN(C(=O)c2sc3cccc(F)c3c2COc2ccccc2)CC1. The number of amides is 2. The van der Waals surface area contributed by atoms with Gasteiger partial charge < -0.3 is 19.7 Å². The molecule has 1 aliphatic rings. The Hall–Kier alpha value is -3.01. The van der Waals surface area contributed by atoms with E-state index in [0.29, 0.717) is 67.5 Å². The van der Waals surface area contributed by atoms with E-state index in [-0.39, 0.29) is 24.2 Å². The number of carbonyl (C=O) groups is 2. The van der Waals surface area contributed by atoms with E-state index in [1.165, 1.54) is 17.4 Å². The molecule has 0 aliphatic carbocycles. The number of piperazine rings is 1. The Balaban J connectivity index is 1.41. The minimum atomic E-state index is -0.356. The number of hydrogen-bond acceptors (Lipinski definition) is 6. The number of halogens is 1. The van der Waals surface area contributed by atoms with Crippen molar-refractivity contribution in [3.8, 4) is 5.75 Å². The number of nitrogens with one attached hydrogen (secondary N) is 1. The number of nitrogens with zero attached hydrogens (tertiary/aromatic N) is 2. The molecule has 0 unspecified atom stereocenters. The zero-order chi connectivity index (χ0) is 24.6. The maximum atomic E-state index is 14.8. The number of hydrogen-bond donors (Lipinski definition) is 1. The number of methoxy groups -OCH3 is 1. The molecule has 0 saturated carbocycles. The monoisotopic (exact) mass is 499 g/mol. The lowest BCUT2D eigenvalue weighted by molar-refractivity contribution is -0.122. The van der Waals surface area contributed by atoms with Gasteiger partial charge in [-0.1, -0.05) is 24.3 Å². The molecule has 1 saturated heterocycles. The molecule has 186 valence electrons. The number of benzene rings is 2. The van der Waals surface area contributed by atoms with Crippen LogP contribution in [0.25, 0.3) is 10.1 Å². The first-order chi connectivity index (χ1) is 17.1. The van der Waals surface area contributed by atoms with Crippen LogP contribution in [-0.2, 0) is 16.1 Å². The third kappa shape index (κ3) is 6.36. The Morgan fingerprint density at radius 1 is 1.06 bits per heavy atom. The van der Waals surface area contributed by atoms with Crippen molar-refractivity contribution >= 4 is 33.2 Å². The van der Waals surface area contributed by atoms with Crippen LogP contribution in [0.4, 0.5) is 4.39 Å². The molecule has 2 aromatic carbocycles. The van der Waals surface area contributed by atoms with E-state index < -0.39 is 0 Å². The summed E-state index contributed by atoms with van der Waals surface area (Å²) in [6.07, 6.45) is 0.774. The van der Waals surface area contributed by atoms with Crippen LogP contribution in [0.1, 0.15) is 21.7 Å². The van der Waals surface area contributed by atoms with Crippen LogP contribution in [0, 0.1) is 5.82 Å². The van der Waals surface area contributed by atoms with Gasteiger partial charge in [-0.2, -0.15) is 0 Å². The summed E-state index contributed by atoms with van der Waals surface area (Å²) < 4.78 is 26.4. The Bertz CT molecular complexity index is 1150. The molecule has 4 rings (SSSR count). The summed E-state index contributed by atoms with van der Waals surface area (Å²) in [5, 5.41) is 3.34. The lowest BCUT2D eigenvalue weighted by Gasteiger charge is -2.34. The van der Waals surface area contributed by atoms with E-state index in [1.807, 2.05) is 41.3 Å². The first-order valence-corrected chi connectivity index (χ1v) is 12.5. The molecule has 2 heterocycles. The van der Waals surface area contributed by atoms with E-state index in [1.54, 1.807) is 18.1 Å². The molecule has 1 aromatic heterocycles. The summed E-state index contributed by atoms with van der Waals surface area (Å²) in [7, 11) is 1.64. The number of carbonyl (C=O) groups excluding carboxylic acids is 2. The third-order valence-corrected chi connectivity index (χ3v) is 7.14. The lowest BCUT2D eigenvalue weighted by atomic mass is 10.1. The van der Waals surface area contributed by atoms with E-state index in [0.717, 1.165) is 11.1 Å². The van der Waals surface area contributed by atoms with Gasteiger partial charge in [0.25, 0.3) is 5.91 Å². The van der Waals surface area contributed by atoms with Crippen molar-refractivity contribution in [2.45, 2.75) is 13.0 Å². The van der Waals surface area contributed by atoms with Crippen LogP contribution in [0.2, 0.25) is 0 Å². The molecule has 0 spiro atoms. The summed E-state index contributed by atoms with van der Waals surface area (Å²) in [5.74, 6) is 0.156. The third-order valence-electron chi connectivity index (χ3n) is 5.96. The first-order valence-electron chi connectivity index (χ1n) is 11.7. The molecule has 1 aliphatic heterocycles. The molecule has 7 nitrogen and oxygen atoms in total. The van der Waals surface area contributed by atoms with Gasteiger partial charge in [0.15, 0.2) is 0 Å². The second kappa shape index (κ2) is 12.1. The van der Waals surface area contributed by atoms with Gasteiger partial charge in [0.2, 0.25) is 5.91 Å². The minimum absolute atomic E-state index is 0.0267. The van der Waals surface area contributed by atoms with Crippen LogP contribution in [-0.4, -0.2) is 74.6 Å². The largest absolute Gasteiger partial charge is 0.489 e. The average molecular weight is 500 g/mol. The molecular weight excluding hydrogens is 469 g/mol. The average Bonchev–Trinajstić information content (AvgIpc) is 3.26. The van der Waals surface area contributed by atoms with Gasteiger partial charge in [-0.25, -0.2) is 4.39 Å². The fourth-order valence-electron chi connectivity index (χ4n) is 4.11. The Morgan fingerprint density at radius 3 is 2.57 bits per heavy atom. The van der Waals surface area contributed by atoms with E-state index in [9.17, 15) is 14.0 Å². The second-order valence-corrected chi connectivity index (χ2v) is 9.44. The summed E-state index contributed by atoms with van der Waals surface area (Å²) in [5.41, 5.74) is 0.579. The Labute approximate surface area is 208 Å². The number of thiophene rings is 1. The van der Waals surface area contributed by atoms with Gasteiger partial charge in [-0.15, -0.1) is 11.3 Å². The molecule has 0 radical (unpaired) electrons. The van der Waals surface area contributed by atoms with Crippen LogP contribution < -0.4 is 10.1 Å². The second-order valence-electron chi connectivity index (χ2n) is 8.39. The molecule has 9 heteroatoms.